The SMILES string of the molecule is CCc1ccc(N(C)c2nc3sccn3c2CCN)cc1. The topological polar surface area (TPSA) is 46.6 Å². The third-order valence-electron chi connectivity index (χ3n) is 3.77. The maximum Gasteiger partial charge on any atom is 0.195 e. The number of aryl methyl sites for hydroxylation is 1. The molecule has 5 heteroatoms. The molecular weight excluding hydrogens is 280 g/mol. The number of anilines is 2. The van der Waals surface area contributed by atoms with E-state index < -0.39 is 0 Å². The Balaban J connectivity index is 2.01. The van der Waals surface area contributed by atoms with Crippen LogP contribution in [0.5, 0.6) is 0 Å². The number of imidazole rings is 1. The Morgan fingerprint density at radius 3 is 2.71 bits per heavy atom. The largest absolute Gasteiger partial charge is 0.330 e. The molecule has 0 saturated carbocycles. The Hall–Kier alpha value is -1.85. The second-order valence-electron chi connectivity index (χ2n) is 5.06. The quantitative estimate of drug-likeness (QED) is 0.787. The molecule has 4 nitrogen and oxygen atoms in total. The first-order chi connectivity index (χ1) is 10.2. The molecule has 0 spiro atoms. The fraction of sp³-hybridized carbons (Fsp3) is 0.312. The predicted octanol–water partition coefficient (Wildman–Crippen LogP) is 3.23. The first kappa shape index (κ1) is 14.1. The highest BCUT2D eigenvalue weighted by molar-refractivity contribution is 7.15. The molecule has 0 aliphatic heterocycles. The Morgan fingerprint density at radius 2 is 2.05 bits per heavy atom. The highest BCUT2D eigenvalue weighted by atomic mass is 32.1. The molecule has 3 aromatic rings. The lowest BCUT2D eigenvalue weighted by Crippen LogP contribution is -2.14. The van der Waals surface area contributed by atoms with Crippen molar-refractivity contribution in [3.8, 4) is 0 Å². The number of rotatable bonds is 5. The van der Waals surface area contributed by atoms with Crippen LogP contribution in [0, 0.1) is 0 Å². The lowest BCUT2D eigenvalue weighted by atomic mass is 10.1. The van der Waals surface area contributed by atoms with E-state index in [2.05, 4.69) is 59.1 Å². The van der Waals surface area contributed by atoms with Crippen molar-refractivity contribution in [2.24, 2.45) is 5.73 Å². The standard InChI is InChI=1S/C16H20N4S/c1-3-12-4-6-13(7-5-12)19(2)15-14(8-9-17)20-10-11-21-16(20)18-15/h4-7,10-11H,3,8-9,17H2,1-2H3. The molecule has 3 rings (SSSR count). The van der Waals surface area contributed by atoms with Gasteiger partial charge in [0.2, 0.25) is 0 Å². The van der Waals surface area contributed by atoms with Crippen LogP contribution in [0.25, 0.3) is 4.96 Å². The summed E-state index contributed by atoms with van der Waals surface area (Å²) in [7, 11) is 2.06. The summed E-state index contributed by atoms with van der Waals surface area (Å²) in [4.78, 5) is 7.92. The molecule has 110 valence electrons. The van der Waals surface area contributed by atoms with Crippen LogP contribution in [0.3, 0.4) is 0 Å². The summed E-state index contributed by atoms with van der Waals surface area (Å²) in [6.45, 7) is 2.79. The van der Waals surface area contributed by atoms with Gasteiger partial charge >= 0.3 is 0 Å². The molecule has 0 radical (unpaired) electrons. The van der Waals surface area contributed by atoms with Crippen molar-refractivity contribution in [3.63, 3.8) is 0 Å². The Morgan fingerprint density at radius 1 is 1.29 bits per heavy atom. The van der Waals surface area contributed by atoms with Gasteiger partial charge in [-0.2, -0.15) is 0 Å². The van der Waals surface area contributed by atoms with E-state index in [1.165, 1.54) is 11.3 Å². The van der Waals surface area contributed by atoms with Gasteiger partial charge in [0.05, 0.1) is 5.69 Å². The minimum Gasteiger partial charge on any atom is -0.330 e. The molecule has 0 aliphatic carbocycles. The molecule has 1 aromatic carbocycles. The zero-order valence-corrected chi connectivity index (χ0v) is 13.2. The van der Waals surface area contributed by atoms with Gasteiger partial charge in [0, 0.05) is 30.7 Å². The van der Waals surface area contributed by atoms with E-state index in [9.17, 15) is 0 Å². The first-order valence-corrected chi connectivity index (χ1v) is 8.09. The highest BCUT2D eigenvalue weighted by Crippen LogP contribution is 2.29. The molecule has 0 aliphatic rings. The van der Waals surface area contributed by atoms with Crippen LogP contribution in [0.2, 0.25) is 0 Å². The van der Waals surface area contributed by atoms with E-state index in [0.29, 0.717) is 6.54 Å². The van der Waals surface area contributed by atoms with Crippen molar-refractivity contribution >= 4 is 27.8 Å². The van der Waals surface area contributed by atoms with E-state index in [4.69, 9.17) is 10.7 Å². The van der Waals surface area contributed by atoms with Crippen LogP contribution in [-0.4, -0.2) is 23.0 Å². The summed E-state index contributed by atoms with van der Waals surface area (Å²) in [5.74, 6) is 0.997. The molecule has 21 heavy (non-hydrogen) atoms. The summed E-state index contributed by atoms with van der Waals surface area (Å²) < 4.78 is 2.14. The minimum absolute atomic E-state index is 0.624. The van der Waals surface area contributed by atoms with Crippen LogP contribution in [0.1, 0.15) is 18.2 Å². The van der Waals surface area contributed by atoms with E-state index >= 15 is 0 Å². The third kappa shape index (κ3) is 2.54. The highest BCUT2D eigenvalue weighted by Gasteiger charge is 2.17. The first-order valence-electron chi connectivity index (χ1n) is 7.21. The van der Waals surface area contributed by atoms with Crippen molar-refractivity contribution in [3.05, 3.63) is 47.1 Å². The van der Waals surface area contributed by atoms with Crippen LogP contribution in [-0.2, 0) is 12.8 Å². The van der Waals surface area contributed by atoms with Crippen LogP contribution in [0.4, 0.5) is 11.5 Å². The van der Waals surface area contributed by atoms with Crippen molar-refractivity contribution in [1.29, 1.82) is 0 Å². The number of nitrogens with zero attached hydrogens (tertiary/aromatic N) is 3. The lowest BCUT2D eigenvalue weighted by Gasteiger charge is -2.19. The zero-order valence-electron chi connectivity index (χ0n) is 12.4. The van der Waals surface area contributed by atoms with E-state index in [1.807, 2.05) is 0 Å². The van der Waals surface area contributed by atoms with Crippen LogP contribution < -0.4 is 10.6 Å². The third-order valence-corrected chi connectivity index (χ3v) is 4.53. The predicted molar refractivity (Wildman–Crippen MR) is 89.7 cm³/mol. The molecule has 0 saturated heterocycles. The van der Waals surface area contributed by atoms with Crippen molar-refractivity contribution in [1.82, 2.24) is 9.38 Å². The summed E-state index contributed by atoms with van der Waals surface area (Å²) in [6.07, 6.45) is 3.95. The lowest BCUT2D eigenvalue weighted by molar-refractivity contribution is 0.902. The molecule has 2 aromatic heterocycles. The van der Waals surface area contributed by atoms with Crippen LogP contribution >= 0.6 is 11.3 Å². The van der Waals surface area contributed by atoms with Gasteiger partial charge in [0.15, 0.2) is 10.8 Å². The maximum atomic E-state index is 5.77. The monoisotopic (exact) mass is 300 g/mol. The number of nitrogens with two attached hydrogens (primary N) is 1. The zero-order chi connectivity index (χ0) is 14.8. The van der Waals surface area contributed by atoms with Gasteiger partial charge in [-0.3, -0.25) is 4.40 Å². The number of aromatic nitrogens is 2. The molecule has 0 unspecified atom stereocenters. The molecule has 2 heterocycles. The second kappa shape index (κ2) is 5.87. The molecule has 2 N–H and O–H groups in total. The summed E-state index contributed by atoms with van der Waals surface area (Å²) >= 11 is 1.65. The molecule has 0 fully saturated rings. The average molecular weight is 300 g/mol. The van der Waals surface area contributed by atoms with Gasteiger partial charge in [0.25, 0.3) is 0 Å². The fourth-order valence-electron chi connectivity index (χ4n) is 2.54. The molecular formula is C16H20N4S. The number of hydrogen-bond acceptors (Lipinski definition) is 4. The minimum atomic E-state index is 0.624. The Labute approximate surface area is 128 Å². The molecule has 0 atom stereocenters. The smallest absolute Gasteiger partial charge is 0.195 e. The summed E-state index contributed by atoms with van der Waals surface area (Å²) in [5, 5.41) is 2.06. The Bertz CT molecular complexity index is 726. The summed E-state index contributed by atoms with van der Waals surface area (Å²) in [6, 6.07) is 8.65. The second-order valence-corrected chi connectivity index (χ2v) is 5.93. The van der Waals surface area contributed by atoms with Crippen molar-refractivity contribution in [2.45, 2.75) is 19.8 Å². The van der Waals surface area contributed by atoms with Crippen molar-refractivity contribution in [2.75, 3.05) is 18.5 Å². The number of fused-ring (bicyclic) bond motifs is 1. The van der Waals surface area contributed by atoms with Crippen LogP contribution in [0.15, 0.2) is 35.8 Å². The van der Waals surface area contributed by atoms with Gasteiger partial charge in [-0.25, -0.2) is 4.98 Å². The molecule has 0 bridgehead atoms. The molecule has 0 amide bonds. The number of benzene rings is 1. The van der Waals surface area contributed by atoms with Gasteiger partial charge in [0.1, 0.15) is 0 Å². The maximum absolute atomic E-state index is 5.77. The number of thiazole rings is 1. The van der Waals surface area contributed by atoms with Gasteiger partial charge < -0.3 is 10.6 Å². The number of hydrogen-bond donors (Lipinski definition) is 1. The fourth-order valence-corrected chi connectivity index (χ4v) is 3.26. The summed E-state index contributed by atoms with van der Waals surface area (Å²) in [5.41, 5.74) is 9.44. The van der Waals surface area contributed by atoms with E-state index in [0.717, 1.165) is 29.3 Å². The van der Waals surface area contributed by atoms with Crippen molar-refractivity contribution < 1.29 is 0 Å². The average Bonchev–Trinajstić information content (AvgIpc) is 3.09. The normalized spacial score (nSPS) is 11.2. The van der Waals surface area contributed by atoms with E-state index in [-0.39, 0.29) is 0 Å². The van der Waals surface area contributed by atoms with Gasteiger partial charge in [-0.1, -0.05) is 19.1 Å². The Kier molecular flexibility index (Phi) is 3.94. The van der Waals surface area contributed by atoms with Gasteiger partial charge in [-0.05, 0) is 30.7 Å². The van der Waals surface area contributed by atoms with Gasteiger partial charge in [-0.15, -0.1) is 11.3 Å². The van der Waals surface area contributed by atoms with E-state index in [1.54, 1.807) is 11.3 Å².